The number of rotatable bonds is 5. The summed E-state index contributed by atoms with van der Waals surface area (Å²) < 4.78 is 5.03. The number of nitrogens with two attached hydrogens (primary N) is 1. The van der Waals surface area contributed by atoms with E-state index in [0.717, 1.165) is 16.9 Å². The number of carboxylic acids is 1. The highest BCUT2D eigenvalue weighted by Crippen LogP contribution is 2.32. The molecule has 2 aromatic rings. The number of thiophene rings is 1. The van der Waals surface area contributed by atoms with E-state index >= 15 is 0 Å². The molecule has 0 aliphatic heterocycles. The molecule has 7 nitrogen and oxygen atoms in total. The van der Waals surface area contributed by atoms with Gasteiger partial charge in [-0.2, -0.15) is 0 Å². The lowest BCUT2D eigenvalue weighted by molar-refractivity contribution is 0.0701. The van der Waals surface area contributed by atoms with Gasteiger partial charge in [0.15, 0.2) is 0 Å². The molecule has 1 aromatic heterocycles. The number of carbonyl (C=O) groups is 3. The van der Waals surface area contributed by atoms with Gasteiger partial charge < -0.3 is 15.6 Å². The fraction of sp³-hybridized carbons (Fsp3) is 0.133. The van der Waals surface area contributed by atoms with Gasteiger partial charge in [-0.3, -0.25) is 10.1 Å². The minimum atomic E-state index is -1.19. The molecule has 0 aliphatic carbocycles. The number of aromatic carboxylic acids is 1. The van der Waals surface area contributed by atoms with Crippen molar-refractivity contribution in [2.75, 3.05) is 5.32 Å². The SMILES string of the molecule is Cc1c(C(=O)O)sc(NC(=O)OCc2ccccc2)c1C(N)=O. The molecule has 0 aliphatic rings. The molecule has 0 saturated carbocycles. The van der Waals surface area contributed by atoms with E-state index in [-0.39, 0.29) is 27.6 Å². The van der Waals surface area contributed by atoms with Crippen LogP contribution in [-0.2, 0) is 11.3 Å². The van der Waals surface area contributed by atoms with Crippen molar-refractivity contribution in [3.8, 4) is 0 Å². The van der Waals surface area contributed by atoms with Crippen LogP contribution in [0.25, 0.3) is 0 Å². The van der Waals surface area contributed by atoms with Crippen LogP contribution in [0.3, 0.4) is 0 Å². The molecule has 0 spiro atoms. The Morgan fingerprint density at radius 1 is 1.26 bits per heavy atom. The van der Waals surface area contributed by atoms with Gasteiger partial charge in [0.25, 0.3) is 5.91 Å². The number of hydrogen-bond donors (Lipinski definition) is 3. The summed E-state index contributed by atoms with van der Waals surface area (Å²) in [7, 11) is 0. The van der Waals surface area contributed by atoms with Crippen molar-refractivity contribution in [3.63, 3.8) is 0 Å². The van der Waals surface area contributed by atoms with Crippen LogP contribution in [0.1, 0.15) is 31.2 Å². The van der Waals surface area contributed by atoms with Crippen molar-refractivity contribution < 1.29 is 24.2 Å². The van der Waals surface area contributed by atoms with Crippen LogP contribution in [0.4, 0.5) is 9.80 Å². The number of nitrogens with one attached hydrogen (secondary N) is 1. The maximum atomic E-state index is 11.8. The summed E-state index contributed by atoms with van der Waals surface area (Å²) >= 11 is 0.760. The van der Waals surface area contributed by atoms with E-state index in [2.05, 4.69) is 5.32 Å². The highest BCUT2D eigenvalue weighted by Gasteiger charge is 2.24. The Morgan fingerprint density at radius 2 is 1.91 bits per heavy atom. The summed E-state index contributed by atoms with van der Waals surface area (Å²) in [5.41, 5.74) is 6.24. The fourth-order valence-corrected chi connectivity index (χ4v) is 2.99. The van der Waals surface area contributed by atoms with Gasteiger partial charge in [-0.15, -0.1) is 11.3 Å². The topological polar surface area (TPSA) is 119 Å². The maximum absolute atomic E-state index is 11.8. The number of primary amides is 1. The summed E-state index contributed by atoms with van der Waals surface area (Å²) in [6.07, 6.45) is -0.797. The van der Waals surface area contributed by atoms with E-state index in [9.17, 15) is 14.4 Å². The molecule has 2 amide bonds. The van der Waals surface area contributed by atoms with Gasteiger partial charge in [-0.25, -0.2) is 9.59 Å². The number of benzene rings is 1. The average Bonchev–Trinajstić information content (AvgIpc) is 2.83. The Balaban J connectivity index is 2.13. The molecule has 120 valence electrons. The lowest BCUT2D eigenvalue weighted by atomic mass is 10.1. The number of hydrogen-bond acceptors (Lipinski definition) is 5. The first-order chi connectivity index (χ1) is 10.9. The number of anilines is 1. The molecule has 1 aromatic carbocycles. The van der Waals surface area contributed by atoms with Crippen molar-refractivity contribution in [3.05, 3.63) is 51.9 Å². The average molecular weight is 334 g/mol. The van der Waals surface area contributed by atoms with Crippen LogP contribution < -0.4 is 11.1 Å². The Bertz CT molecular complexity index is 755. The lowest BCUT2D eigenvalue weighted by Crippen LogP contribution is -2.18. The van der Waals surface area contributed by atoms with Crippen LogP contribution >= 0.6 is 11.3 Å². The van der Waals surface area contributed by atoms with E-state index in [4.69, 9.17) is 15.6 Å². The summed E-state index contributed by atoms with van der Waals surface area (Å²) in [5, 5.41) is 11.5. The van der Waals surface area contributed by atoms with Crippen molar-refractivity contribution >= 4 is 34.3 Å². The molecule has 23 heavy (non-hydrogen) atoms. The fourth-order valence-electron chi connectivity index (χ4n) is 1.95. The molecule has 0 atom stereocenters. The summed E-state index contributed by atoms with van der Waals surface area (Å²) in [6.45, 7) is 1.51. The summed E-state index contributed by atoms with van der Waals surface area (Å²) in [5.74, 6) is -2.01. The molecule has 1 heterocycles. The molecular weight excluding hydrogens is 320 g/mol. The quantitative estimate of drug-likeness (QED) is 0.776. The standard InChI is InChI=1S/C15H14N2O5S/c1-8-10(12(16)18)13(23-11(8)14(19)20)17-15(21)22-7-9-5-3-2-4-6-9/h2-6H,7H2,1H3,(H2,16,18)(H,17,21)(H,19,20). The van der Waals surface area contributed by atoms with Crippen molar-refractivity contribution in [1.29, 1.82) is 0 Å². The highest BCUT2D eigenvalue weighted by atomic mass is 32.1. The molecule has 0 fully saturated rings. The van der Waals surface area contributed by atoms with Gasteiger partial charge in [0.2, 0.25) is 0 Å². The molecular formula is C15H14N2O5S. The highest BCUT2D eigenvalue weighted by molar-refractivity contribution is 7.18. The molecule has 8 heteroatoms. The summed E-state index contributed by atoms with van der Waals surface area (Å²) in [4.78, 5) is 34.4. The van der Waals surface area contributed by atoms with E-state index < -0.39 is 18.0 Å². The van der Waals surface area contributed by atoms with Gasteiger partial charge in [0, 0.05) is 0 Å². The van der Waals surface area contributed by atoms with Crippen LogP contribution in [-0.4, -0.2) is 23.1 Å². The molecule has 4 N–H and O–H groups in total. The van der Waals surface area contributed by atoms with E-state index in [0.29, 0.717) is 0 Å². The first kappa shape index (κ1) is 16.5. The van der Waals surface area contributed by atoms with Crippen molar-refractivity contribution in [1.82, 2.24) is 0 Å². The molecule has 0 unspecified atom stereocenters. The Labute approximate surface area is 135 Å². The van der Waals surface area contributed by atoms with Crippen LogP contribution in [0.5, 0.6) is 0 Å². The Kier molecular flexibility index (Phi) is 4.97. The smallest absolute Gasteiger partial charge is 0.412 e. The third kappa shape index (κ3) is 3.86. The van der Waals surface area contributed by atoms with Crippen LogP contribution in [0, 0.1) is 6.92 Å². The van der Waals surface area contributed by atoms with Crippen LogP contribution in [0.15, 0.2) is 30.3 Å². The van der Waals surface area contributed by atoms with Crippen LogP contribution in [0.2, 0.25) is 0 Å². The van der Waals surface area contributed by atoms with E-state index in [1.165, 1.54) is 6.92 Å². The van der Waals surface area contributed by atoms with Crippen molar-refractivity contribution in [2.45, 2.75) is 13.5 Å². The van der Waals surface area contributed by atoms with Gasteiger partial charge in [-0.05, 0) is 18.1 Å². The zero-order valence-electron chi connectivity index (χ0n) is 12.2. The van der Waals surface area contributed by atoms with Crippen molar-refractivity contribution in [2.24, 2.45) is 5.73 Å². The maximum Gasteiger partial charge on any atom is 0.412 e. The molecule has 2 rings (SSSR count). The monoisotopic (exact) mass is 334 g/mol. The number of amides is 2. The minimum Gasteiger partial charge on any atom is -0.477 e. The first-order valence-corrected chi connectivity index (χ1v) is 7.36. The molecule has 0 radical (unpaired) electrons. The van der Waals surface area contributed by atoms with Gasteiger partial charge in [0.05, 0.1) is 5.56 Å². The number of carbonyl (C=O) groups excluding carboxylic acids is 2. The normalized spacial score (nSPS) is 10.1. The molecule has 0 bridgehead atoms. The second-order valence-electron chi connectivity index (χ2n) is 4.62. The Morgan fingerprint density at radius 3 is 2.48 bits per heavy atom. The first-order valence-electron chi connectivity index (χ1n) is 6.54. The third-order valence-electron chi connectivity index (χ3n) is 3.02. The zero-order valence-corrected chi connectivity index (χ0v) is 13.0. The second kappa shape index (κ2) is 6.93. The van der Waals surface area contributed by atoms with Gasteiger partial charge in [-0.1, -0.05) is 30.3 Å². The third-order valence-corrected chi connectivity index (χ3v) is 4.21. The number of carboxylic acid groups (broad SMARTS) is 1. The minimum absolute atomic E-state index is 0.0240. The zero-order chi connectivity index (χ0) is 17.0. The predicted octanol–water partition coefficient (Wildman–Crippen LogP) is 2.60. The van der Waals surface area contributed by atoms with E-state index in [1.54, 1.807) is 12.1 Å². The predicted molar refractivity (Wildman–Crippen MR) is 84.8 cm³/mol. The van der Waals surface area contributed by atoms with Gasteiger partial charge in [0.1, 0.15) is 16.5 Å². The molecule has 0 saturated heterocycles. The lowest BCUT2D eigenvalue weighted by Gasteiger charge is -2.06. The van der Waals surface area contributed by atoms with E-state index in [1.807, 2.05) is 18.2 Å². The summed E-state index contributed by atoms with van der Waals surface area (Å²) in [6, 6.07) is 9.04. The number of ether oxygens (including phenoxy) is 1. The largest absolute Gasteiger partial charge is 0.477 e. The Hall–Kier alpha value is -2.87. The van der Waals surface area contributed by atoms with Gasteiger partial charge >= 0.3 is 12.1 Å². The second-order valence-corrected chi connectivity index (χ2v) is 5.64.